The molecule has 1 aliphatic rings. The Balaban J connectivity index is 1.39. The van der Waals surface area contributed by atoms with Crippen molar-refractivity contribution in [1.29, 1.82) is 0 Å². The fourth-order valence-corrected chi connectivity index (χ4v) is 5.57. The number of benzene rings is 2. The van der Waals surface area contributed by atoms with E-state index in [-0.39, 0.29) is 10.6 Å². The third kappa shape index (κ3) is 4.57. The average Bonchev–Trinajstić information content (AvgIpc) is 3.27. The van der Waals surface area contributed by atoms with Gasteiger partial charge in [0.15, 0.2) is 0 Å². The standard InChI is InChI=1S/C22H25N5O4S/c1-18-7-8-20(27(28)29)17-21(18)32(30,31)26-15-12-24(13-16-26)11-14-25-10-9-23-22(25)19-5-3-2-4-6-19/h2-10,17H,11-16H2,1H3. The van der Waals surface area contributed by atoms with Crippen molar-refractivity contribution < 1.29 is 13.3 Å². The van der Waals surface area contributed by atoms with Crippen LogP contribution in [0, 0.1) is 17.0 Å². The van der Waals surface area contributed by atoms with E-state index < -0.39 is 14.9 Å². The highest BCUT2D eigenvalue weighted by atomic mass is 32.2. The van der Waals surface area contributed by atoms with E-state index in [1.165, 1.54) is 16.4 Å². The Morgan fingerprint density at radius 1 is 1.03 bits per heavy atom. The molecule has 3 aromatic rings. The van der Waals surface area contributed by atoms with Crippen LogP contribution in [0.5, 0.6) is 0 Å². The SMILES string of the molecule is Cc1ccc([N+](=O)[O-])cc1S(=O)(=O)N1CCN(CCn2ccnc2-c2ccccc2)CC1. The monoisotopic (exact) mass is 455 g/mol. The van der Waals surface area contributed by atoms with Gasteiger partial charge >= 0.3 is 0 Å². The number of aryl methyl sites for hydroxylation is 1. The van der Waals surface area contributed by atoms with E-state index in [4.69, 9.17) is 0 Å². The number of non-ortho nitro benzene ring substituents is 1. The number of hydrogen-bond donors (Lipinski definition) is 0. The Hall–Kier alpha value is -3.08. The number of piperazine rings is 1. The maximum Gasteiger partial charge on any atom is 0.270 e. The zero-order chi connectivity index (χ0) is 22.7. The summed E-state index contributed by atoms with van der Waals surface area (Å²) in [6.45, 7) is 5.08. The second-order valence-corrected chi connectivity index (χ2v) is 9.67. The summed E-state index contributed by atoms with van der Waals surface area (Å²) in [5.74, 6) is 0.910. The number of imidazole rings is 1. The van der Waals surface area contributed by atoms with E-state index in [1.54, 1.807) is 13.1 Å². The van der Waals surface area contributed by atoms with Crippen molar-refractivity contribution in [2.24, 2.45) is 0 Å². The molecule has 0 amide bonds. The summed E-state index contributed by atoms with van der Waals surface area (Å²) in [6.07, 6.45) is 3.74. The number of sulfonamides is 1. The summed E-state index contributed by atoms with van der Waals surface area (Å²) < 4.78 is 29.7. The van der Waals surface area contributed by atoms with Gasteiger partial charge in [0.05, 0.1) is 9.82 Å². The van der Waals surface area contributed by atoms with Crippen LogP contribution in [-0.4, -0.2) is 64.8 Å². The number of nitro groups is 1. The Morgan fingerprint density at radius 3 is 2.44 bits per heavy atom. The molecule has 0 atom stereocenters. The Labute approximate surface area is 187 Å². The van der Waals surface area contributed by atoms with Crippen LogP contribution in [0.1, 0.15) is 5.56 Å². The molecule has 1 aromatic heterocycles. The summed E-state index contributed by atoms with van der Waals surface area (Å²) in [4.78, 5) is 17.2. The van der Waals surface area contributed by atoms with Gasteiger partial charge in [-0.25, -0.2) is 13.4 Å². The average molecular weight is 456 g/mol. The predicted octanol–water partition coefficient (Wildman–Crippen LogP) is 2.77. The van der Waals surface area contributed by atoms with E-state index in [0.717, 1.165) is 30.5 Å². The highest BCUT2D eigenvalue weighted by molar-refractivity contribution is 7.89. The molecular formula is C22H25N5O4S. The summed E-state index contributed by atoms with van der Waals surface area (Å²) in [6, 6.07) is 14.0. The molecule has 168 valence electrons. The van der Waals surface area contributed by atoms with Crippen LogP contribution in [0.2, 0.25) is 0 Å². The van der Waals surface area contributed by atoms with Crippen molar-refractivity contribution in [3.8, 4) is 11.4 Å². The van der Waals surface area contributed by atoms with Gasteiger partial charge in [0.2, 0.25) is 10.0 Å². The van der Waals surface area contributed by atoms with Crippen LogP contribution in [-0.2, 0) is 16.6 Å². The van der Waals surface area contributed by atoms with Gasteiger partial charge < -0.3 is 4.57 Å². The van der Waals surface area contributed by atoms with Crippen molar-refractivity contribution >= 4 is 15.7 Å². The van der Waals surface area contributed by atoms with Gasteiger partial charge in [0.1, 0.15) is 5.82 Å². The minimum Gasteiger partial charge on any atom is -0.330 e. The fraction of sp³-hybridized carbons (Fsp3) is 0.318. The van der Waals surface area contributed by atoms with E-state index >= 15 is 0 Å². The van der Waals surface area contributed by atoms with Crippen molar-refractivity contribution in [3.05, 3.63) is 76.6 Å². The molecule has 9 nitrogen and oxygen atoms in total. The van der Waals surface area contributed by atoms with Crippen LogP contribution < -0.4 is 0 Å². The summed E-state index contributed by atoms with van der Waals surface area (Å²) in [5.41, 5.74) is 1.34. The lowest BCUT2D eigenvalue weighted by molar-refractivity contribution is -0.385. The van der Waals surface area contributed by atoms with Gasteiger partial charge in [0, 0.05) is 69.4 Å². The molecule has 1 saturated heterocycles. The first kappa shape index (κ1) is 22.1. The highest BCUT2D eigenvalue weighted by Gasteiger charge is 2.30. The van der Waals surface area contributed by atoms with E-state index in [0.29, 0.717) is 31.7 Å². The van der Waals surface area contributed by atoms with E-state index in [1.807, 2.05) is 36.5 Å². The quantitative estimate of drug-likeness (QED) is 0.401. The molecule has 4 rings (SSSR count). The third-order valence-electron chi connectivity index (χ3n) is 5.74. The fourth-order valence-electron chi connectivity index (χ4n) is 3.90. The first-order valence-electron chi connectivity index (χ1n) is 10.4. The molecule has 10 heteroatoms. The highest BCUT2D eigenvalue weighted by Crippen LogP contribution is 2.25. The number of nitrogens with zero attached hydrogens (tertiary/aromatic N) is 5. The summed E-state index contributed by atoms with van der Waals surface area (Å²) >= 11 is 0. The van der Waals surface area contributed by atoms with Gasteiger partial charge in [-0.15, -0.1) is 0 Å². The normalized spacial score (nSPS) is 15.7. The predicted molar refractivity (Wildman–Crippen MR) is 121 cm³/mol. The van der Waals surface area contributed by atoms with Crippen molar-refractivity contribution in [1.82, 2.24) is 18.8 Å². The minimum atomic E-state index is -3.79. The van der Waals surface area contributed by atoms with Gasteiger partial charge in [-0.05, 0) is 12.5 Å². The van der Waals surface area contributed by atoms with E-state index in [2.05, 4.69) is 14.5 Å². The molecule has 2 aromatic carbocycles. The maximum absolute atomic E-state index is 13.1. The largest absolute Gasteiger partial charge is 0.330 e. The zero-order valence-electron chi connectivity index (χ0n) is 17.8. The topological polar surface area (TPSA) is 102 Å². The Morgan fingerprint density at radius 2 is 1.75 bits per heavy atom. The third-order valence-corrected chi connectivity index (χ3v) is 7.78. The number of aromatic nitrogens is 2. The van der Waals surface area contributed by atoms with Crippen LogP contribution in [0.4, 0.5) is 5.69 Å². The maximum atomic E-state index is 13.1. The van der Waals surface area contributed by atoms with Crippen molar-refractivity contribution in [2.75, 3.05) is 32.7 Å². The summed E-state index contributed by atoms with van der Waals surface area (Å²) in [5, 5.41) is 11.1. The molecule has 0 radical (unpaired) electrons. The number of nitro benzene ring substituents is 1. The smallest absolute Gasteiger partial charge is 0.270 e. The molecule has 0 unspecified atom stereocenters. The molecule has 0 aliphatic carbocycles. The molecule has 0 N–H and O–H groups in total. The second-order valence-electron chi connectivity index (χ2n) is 7.76. The summed E-state index contributed by atoms with van der Waals surface area (Å²) in [7, 11) is -3.79. The van der Waals surface area contributed by atoms with Gasteiger partial charge in [-0.1, -0.05) is 36.4 Å². The van der Waals surface area contributed by atoms with Gasteiger partial charge in [-0.2, -0.15) is 4.31 Å². The van der Waals surface area contributed by atoms with Crippen molar-refractivity contribution in [3.63, 3.8) is 0 Å². The molecule has 32 heavy (non-hydrogen) atoms. The lowest BCUT2D eigenvalue weighted by atomic mass is 10.2. The molecular weight excluding hydrogens is 430 g/mol. The van der Waals surface area contributed by atoms with Crippen LogP contribution >= 0.6 is 0 Å². The van der Waals surface area contributed by atoms with Crippen LogP contribution in [0.3, 0.4) is 0 Å². The zero-order valence-corrected chi connectivity index (χ0v) is 18.6. The van der Waals surface area contributed by atoms with Crippen LogP contribution in [0.25, 0.3) is 11.4 Å². The first-order valence-corrected chi connectivity index (χ1v) is 11.8. The number of hydrogen-bond acceptors (Lipinski definition) is 6. The molecule has 1 aliphatic heterocycles. The van der Waals surface area contributed by atoms with E-state index in [9.17, 15) is 18.5 Å². The number of rotatable bonds is 7. The molecule has 0 bridgehead atoms. The molecule has 0 spiro atoms. The first-order chi connectivity index (χ1) is 15.4. The van der Waals surface area contributed by atoms with Crippen LogP contribution in [0.15, 0.2) is 65.8 Å². The molecule has 2 heterocycles. The lowest BCUT2D eigenvalue weighted by Gasteiger charge is -2.34. The molecule has 1 fully saturated rings. The minimum absolute atomic E-state index is 0.00562. The lowest BCUT2D eigenvalue weighted by Crippen LogP contribution is -2.49. The molecule has 0 saturated carbocycles. The Bertz CT molecular complexity index is 1200. The second kappa shape index (κ2) is 9.19. The van der Waals surface area contributed by atoms with Gasteiger partial charge in [0.25, 0.3) is 5.69 Å². The Kier molecular flexibility index (Phi) is 6.35. The van der Waals surface area contributed by atoms with Crippen molar-refractivity contribution in [2.45, 2.75) is 18.4 Å². The van der Waals surface area contributed by atoms with Gasteiger partial charge in [-0.3, -0.25) is 15.0 Å².